The molecular weight excluding hydrogens is 218 g/mol. The maximum Gasteiger partial charge on any atom is 0.136 e. The number of hydrogen-bond donors (Lipinski definition) is 0. The lowest BCUT2D eigenvalue weighted by Crippen LogP contribution is -2.21. The van der Waals surface area contributed by atoms with Crippen molar-refractivity contribution in [3.8, 4) is 0 Å². The van der Waals surface area contributed by atoms with Crippen LogP contribution in [0.25, 0.3) is 0 Å². The van der Waals surface area contributed by atoms with Crippen molar-refractivity contribution in [2.24, 2.45) is 5.92 Å². The van der Waals surface area contributed by atoms with E-state index in [-0.39, 0.29) is 0 Å². The Bertz CT molecular complexity index is 368. The first-order valence-electron chi connectivity index (χ1n) is 6.34. The number of nitrogens with zero attached hydrogens (tertiary/aromatic N) is 3. The van der Waals surface area contributed by atoms with Crippen LogP contribution in [-0.4, -0.2) is 26.3 Å². The second-order valence-electron chi connectivity index (χ2n) is 5.14. The number of rotatable bonds is 1. The number of aromatic nitrogens is 3. The van der Waals surface area contributed by atoms with Gasteiger partial charge < -0.3 is 4.57 Å². The quantitative estimate of drug-likeness (QED) is 0.752. The first kappa shape index (κ1) is 10.6. The molecule has 4 heteroatoms. The minimum absolute atomic E-state index is 0.661. The summed E-state index contributed by atoms with van der Waals surface area (Å²) in [7, 11) is 0. The van der Waals surface area contributed by atoms with Crippen LogP contribution >= 0.6 is 11.8 Å². The van der Waals surface area contributed by atoms with Crippen LogP contribution in [0.3, 0.4) is 0 Å². The summed E-state index contributed by atoms with van der Waals surface area (Å²) >= 11 is 2.07. The molecule has 0 aromatic carbocycles. The Morgan fingerprint density at radius 1 is 1.31 bits per heavy atom. The van der Waals surface area contributed by atoms with E-state index in [9.17, 15) is 0 Å². The lowest BCUT2D eigenvalue weighted by molar-refractivity contribution is 0.396. The van der Waals surface area contributed by atoms with Crippen molar-refractivity contribution in [2.75, 3.05) is 11.5 Å². The van der Waals surface area contributed by atoms with Gasteiger partial charge in [0.25, 0.3) is 0 Å². The van der Waals surface area contributed by atoms with Crippen LogP contribution in [0.5, 0.6) is 0 Å². The smallest absolute Gasteiger partial charge is 0.136 e. The van der Waals surface area contributed by atoms with Crippen LogP contribution in [0.2, 0.25) is 0 Å². The van der Waals surface area contributed by atoms with E-state index in [0.29, 0.717) is 5.92 Å². The SMILES string of the molecule is CC1CCn2c(nnc2C2CCCSC2)C1. The number of hydrogen-bond acceptors (Lipinski definition) is 3. The average molecular weight is 237 g/mol. The molecule has 0 aliphatic carbocycles. The fourth-order valence-electron chi connectivity index (χ4n) is 2.75. The number of thioether (sulfide) groups is 1. The normalized spacial score (nSPS) is 30.1. The molecule has 0 spiro atoms. The van der Waals surface area contributed by atoms with Crippen molar-refractivity contribution in [2.45, 2.75) is 45.1 Å². The van der Waals surface area contributed by atoms with Crippen LogP contribution in [0.4, 0.5) is 0 Å². The lowest BCUT2D eigenvalue weighted by atomic mass is 9.99. The van der Waals surface area contributed by atoms with Gasteiger partial charge in [0.05, 0.1) is 0 Å². The van der Waals surface area contributed by atoms with Crippen molar-refractivity contribution in [3.63, 3.8) is 0 Å². The van der Waals surface area contributed by atoms with Crippen molar-refractivity contribution >= 4 is 11.8 Å². The van der Waals surface area contributed by atoms with E-state index in [1.807, 2.05) is 0 Å². The van der Waals surface area contributed by atoms with Gasteiger partial charge in [0.15, 0.2) is 0 Å². The molecule has 0 bridgehead atoms. The minimum Gasteiger partial charge on any atom is -0.315 e. The average Bonchev–Trinajstić information content (AvgIpc) is 2.73. The van der Waals surface area contributed by atoms with E-state index < -0.39 is 0 Å². The maximum atomic E-state index is 4.46. The molecule has 1 saturated heterocycles. The van der Waals surface area contributed by atoms with Crippen molar-refractivity contribution in [1.82, 2.24) is 14.8 Å². The predicted octanol–water partition coefficient (Wildman–Crippen LogP) is 2.47. The topological polar surface area (TPSA) is 30.7 Å². The molecule has 3 nitrogen and oxygen atoms in total. The van der Waals surface area contributed by atoms with Crippen molar-refractivity contribution in [3.05, 3.63) is 11.6 Å². The Morgan fingerprint density at radius 3 is 3.06 bits per heavy atom. The molecule has 2 atom stereocenters. The highest BCUT2D eigenvalue weighted by molar-refractivity contribution is 7.99. The molecule has 3 heterocycles. The minimum atomic E-state index is 0.661. The van der Waals surface area contributed by atoms with Crippen LogP contribution in [0, 0.1) is 5.92 Å². The summed E-state index contributed by atoms with van der Waals surface area (Å²) in [5.74, 6) is 6.51. The summed E-state index contributed by atoms with van der Waals surface area (Å²) in [6.07, 6.45) is 5.05. The Labute approximate surface area is 101 Å². The molecular formula is C12H19N3S. The molecule has 2 unspecified atom stereocenters. The van der Waals surface area contributed by atoms with Gasteiger partial charge in [0, 0.05) is 24.6 Å². The molecule has 0 radical (unpaired) electrons. The fourth-order valence-corrected chi connectivity index (χ4v) is 3.89. The molecule has 1 aromatic heterocycles. The van der Waals surface area contributed by atoms with Gasteiger partial charge in [0.2, 0.25) is 0 Å². The molecule has 88 valence electrons. The van der Waals surface area contributed by atoms with E-state index >= 15 is 0 Å². The number of fused-ring (bicyclic) bond motifs is 1. The first-order valence-corrected chi connectivity index (χ1v) is 7.50. The summed E-state index contributed by atoms with van der Waals surface area (Å²) in [4.78, 5) is 0. The lowest BCUT2D eigenvalue weighted by Gasteiger charge is -2.25. The van der Waals surface area contributed by atoms with Crippen LogP contribution in [-0.2, 0) is 13.0 Å². The van der Waals surface area contributed by atoms with Gasteiger partial charge >= 0.3 is 0 Å². The molecule has 1 aromatic rings. The van der Waals surface area contributed by atoms with Gasteiger partial charge in [0.1, 0.15) is 11.6 Å². The molecule has 0 saturated carbocycles. The standard InChI is InChI=1S/C12H19N3S/c1-9-4-5-15-11(7-9)13-14-12(15)10-3-2-6-16-8-10/h9-10H,2-8H2,1H3. The zero-order valence-electron chi connectivity index (χ0n) is 9.85. The molecule has 0 amide bonds. The second kappa shape index (κ2) is 4.40. The van der Waals surface area contributed by atoms with Crippen molar-refractivity contribution in [1.29, 1.82) is 0 Å². The third kappa shape index (κ3) is 1.88. The van der Waals surface area contributed by atoms with Crippen LogP contribution < -0.4 is 0 Å². The van der Waals surface area contributed by atoms with Gasteiger partial charge in [-0.1, -0.05) is 6.92 Å². The summed E-state index contributed by atoms with van der Waals surface area (Å²) in [5.41, 5.74) is 0. The largest absolute Gasteiger partial charge is 0.315 e. The second-order valence-corrected chi connectivity index (χ2v) is 6.29. The van der Waals surface area contributed by atoms with E-state index in [1.54, 1.807) is 0 Å². The highest BCUT2D eigenvalue weighted by Gasteiger charge is 2.26. The molecule has 2 aliphatic heterocycles. The van der Waals surface area contributed by atoms with Gasteiger partial charge in [-0.2, -0.15) is 11.8 Å². The third-order valence-electron chi connectivity index (χ3n) is 3.76. The van der Waals surface area contributed by atoms with Gasteiger partial charge in [-0.25, -0.2) is 0 Å². The predicted molar refractivity (Wildman–Crippen MR) is 66.8 cm³/mol. The molecule has 1 fully saturated rings. The Kier molecular flexibility index (Phi) is 2.92. The highest BCUT2D eigenvalue weighted by Crippen LogP contribution is 2.32. The van der Waals surface area contributed by atoms with Gasteiger partial charge in [-0.3, -0.25) is 0 Å². The van der Waals surface area contributed by atoms with E-state index in [1.165, 1.54) is 42.4 Å². The zero-order valence-corrected chi connectivity index (χ0v) is 10.7. The maximum absolute atomic E-state index is 4.46. The summed E-state index contributed by atoms with van der Waals surface area (Å²) in [6.45, 7) is 3.45. The van der Waals surface area contributed by atoms with Crippen molar-refractivity contribution < 1.29 is 0 Å². The summed E-state index contributed by atoms with van der Waals surface area (Å²) in [6, 6.07) is 0. The summed E-state index contributed by atoms with van der Waals surface area (Å²) in [5, 5.41) is 8.84. The van der Waals surface area contributed by atoms with E-state index in [2.05, 4.69) is 33.5 Å². The van der Waals surface area contributed by atoms with Gasteiger partial charge in [-0.05, 0) is 30.9 Å². The Hall–Kier alpha value is -0.510. The first-order chi connectivity index (χ1) is 7.84. The monoisotopic (exact) mass is 237 g/mol. The molecule has 2 aliphatic rings. The Morgan fingerprint density at radius 2 is 2.25 bits per heavy atom. The van der Waals surface area contributed by atoms with E-state index in [4.69, 9.17) is 0 Å². The highest BCUT2D eigenvalue weighted by atomic mass is 32.2. The van der Waals surface area contributed by atoms with Crippen LogP contribution in [0.15, 0.2) is 0 Å². The van der Waals surface area contributed by atoms with Gasteiger partial charge in [-0.15, -0.1) is 10.2 Å². The molecule has 16 heavy (non-hydrogen) atoms. The summed E-state index contributed by atoms with van der Waals surface area (Å²) < 4.78 is 2.40. The third-order valence-corrected chi connectivity index (χ3v) is 4.97. The van der Waals surface area contributed by atoms with Crippen LogP contribution in [0.1, 0.15) is 43.8 Å². The molecule has 3 rings (SSSR count). The zero-order chi connectivity index (χ0) is 11.0. The Balaban J connectivity index is 1.85. The fraction of sp³-hybridized carbons (Fsp3) is 0.833. The molecule has 0 N–H and O–H groups in total. The van der Waals surface area contributed by atoms with E-state index in [0.717, 1.165) is 18.9 Å².